The van der Waals surface area contributed by atoms with Gasteiger partial charge in [0.15, 0.2) is 0 Å². The minimum absolute atomic E-state index is 0.205. The maximum absolute atomic E-state index is 12.7. The highest BCUT2D eigenvalue weighted by atomic mass is 79.9. The number of benzene rings is 2. The van der Waals surface area contributed by atoms with E-state index in [-0.39, 0.29) is 4.90 Å². The molecule has 2 aromatic carbocycles. The predicted molar refractivity (Wildman–Crippen MR) is 96.7 cm³/mol. The lowest BCUT2D eigenvalue weighted by atomic mass is 10.3. The Labute approximate surface area is 145 Å². The minimum atomic E-state index is -3.70. The Morgan fingerprint density at radius 3 is 2.43 bits per heavy atom. The van der Waals surface area contributed by atoms with Gasteiger partial charge < -0.3 is 10.1 Å². The first-order valence-corrected chi connectivity index (χ1v) is 9.44. The van der Waals surface area contributed by atoms with Crippen LogP contribution in [0.5, 0.6) is 5.75 Å². The number of nitrogens with one attached hydrogen (secondary N) is 2. The summed E-state index contributed by atoms with van der Waals surface area (Å²) in [6.07, 6.45) is 0.904. The quantitative estimate of drug-likeness (QED) is 0.736. The summed E-state index contributed by atoms with van der Waals surface area (Å²) >= 11 is 3.32. The molecule has 2 N–H and O–H groups in total. The van der Waals surface area contributed by atoms with Crippen molar-refractivity contribution in [1.82, 2.24) is 0 Å². The summed E-state index contributed by atoms with van der Waals surface area (Å²) in [5.74, 6) is 0.667. The lowest BCUT2D eigenvalue weighted by molar-refractivity contribution is 0.415. The predicted octanol–water partition coefficient (Wildman–Crippen LogP) is 4.08. The Balaban J connectivity index is 2.32. The number of methoxy groups -OCH3 is 1. The van der Waals surface area contributed by atoms with Gasteiger partial charge in [-0.25, -0.2) is 8.42 Å². The van der Waals surface area contributed by atoms with Gasteiger partial charge in [0, 0.05) is 16.7 Å². The monoisotopic (exact) mass is 398 g/mol. The van der Waals surface area contributed by atoms with E-state index in [2.05, 4.69) is 26.0 Å². The van der Waals surface area contributed by atoms with Gasteiger partial charge in [-0.1, -0.05) is 22.9 Å². The van der Waals surface area contributed by atoms with Crippen LogP contribution in [0.3, 0.4) is 0 Å². The summed E-state index contributed by atoms with van der Waals surface area (Å²) in [6, 6.07) is 11.9. The maximum atomic E-state index is 12.7. The molecule has 0 aliphatic rings. The number of rotatable bonds is 7. The molecule has 0 bridgehead atoms. The molecule has 0 atom stereocenters. The van der Waals surface area contributed by atoms with Crippen LogP contribution < -0.4 is 14.8 Å². The van der Waals surface area contributed by atoms with E-state index in [9.17, 15) is 8.42 Å². The highest BCUT2D eigenvalue weighted by Gasteiger charge is 2.19. The first-order chi connectivity index (χ1) is 11.0. The summed E-state index contributed by atoms with van der Waals surface area (Å²) < 4.78 is 33.7. The lowest BCUT2D eigenvalue weighted by Gasteiger charge is -2.14. The van der Waals surface area contributed by atoms with E-state index < -0.39 is 10.0 Å². The number of halogens is 1. The highest BCUT2D eigenvalue weighted by molar-refractivity contribution is 9.10. The van der Waals surface area contributed by atoms with Gasteiger partial charge in [-0.15, -0.1) is 0 Å². The number of anilines is 2. The molecule has 0 fully saturated rings. The van der Waals surface area contributed by atoms with E-state index in [1.807, 2.05) is 13.0 Å². The second-order valence-electron chi connectivity index (χ2n) is 4.90. The molecule has 0 spiro atoms. The normalized spacial score (nSPS) is 11.1. The molecule has 0 radical (unpaired) electrons. The molecule has 7 heteroatoms. The molecule has 0 saturated carbocycles. The topological polar surface area (TPSA) is 67.4 Å². The Morgan fingerprint density at radius 2 is 1.83 bits per heavy atom. The number of sulfonamides is 1. The standard InChI is InChI=1S/C16H19BrN2O3S/c1-3-10-18-15-9-4-12(17)11-16(15)23(20,21)19-13-5-7-14(22-2)8-6-13/h4-9,11,18-19H,3,10H2,1-2H3. The molecule has 23 heavy (non-hydrogen) atoms. The van der Waals surface area contributed by atoms with E-state index in [1.165, 1.54) is 0 Å². The van der Waals surface area contributed by atoms with Gasteiger partial charge in [-0.2, -0.15) is 0 Å². The third-order valence-electron chi connectivity index (χ3n) is 3.14. The molecule has 0 amide bonds. The highest BCUT2D eigenvalue weighted by Crippen LogP contribution is 2.28. The number of ether oxygens (including phenoxy) is 1. The maximum Gasteiger partial charge on any atom is 0.263 e. The van der Waals surface area contributed by atoms with Crippen molar-refractivity contribution < 1.29 is 13.2 Å². The van der Waals surface area contributed by atoms with E-state index in [4.69, 9.17) is 4.74 Å². The van der Waals surface area contributed by atoms with Crippen LogP contribution >= 0.6 is 15.9 Å². The molecule has 5 nitrogen and oxygen atoms in total. The molecular weight excluding hydrogens is 380 g/mol. The Morgan fingerprint density at radius 1 is 1.13 bits per heavy atom. The third kappa shape index (κ3) is 4.62. The molecule has 0 aromatic heterocycles. The lowest BCUT2D eigenvalue weighted by Crippen LogP contribution is -2.15. The van der Waals surface area contributed by atoms with Gasteiger partial charge in [0.25, 0.3) is 10.0 Å². The largest absolute Gasteiger partial charge is 0.497 e. The van der Waals surface area contributed by atoms with Crippen molar-refractivity contribution in [2.75, 3.05) is 23.7 Å². The van der Waals surface area contributed by atoms with Gasteiger partial charge in [0.05, 0.1) is 12.8 Å². The molecule has 2 aromatic rings. The summed E-state index contributed by atoms with van der Waals surface area (Å²) in [4.78, 5) is 0.205. The van der Waals surface area contributed by atoms with Crippen LogP contribution in [0.4, 0.5) is 11.4 Å². The smallest absolute Gasteiger partial charge is 0.263 e. The third-order valence-corrected chi connectivity index (χ3v) is 5.06. The van der Waals surface area contributed by atoms with E-state index >= 15 is 0 Å². The van der Waals surface area contributed by atoms with Gasteiger partial charge >= 0.3 is 0 Å². The van der Waals surface area contributed by atoms with E-state index in [0.29, 0.717) is 28.1 Å². The molecule has 0 saturated heterocycles. The van der Waals surface area contributed by atoms with Crippen molar-refractivity contribution in [1.29, 1.82) is 0 Å². The Hall–Kier alpha value is -1.73. The molecule has 0 aliphatic heterocycles. The van der Waals surface area contributed by atoms with E-state index in [0.717, 1.165) is 6.42 Å². The van der Waals surface area contributed by atoms with Crippen LogP contribution in [-0.2, 0) is 10.0 Å². The van der Waals surface area contributed by atoms with E-state index in [1.54, 1.807) is 43.5 Å². The number of hydrogen-bond acceptors (Lipinski definition) is 4. The fourth-order valence-electron chi connectivity index (χ4n) is 1.99. The molecule has 2 rings (SSSR count). The minimum Gasteiger partial charge on any atom is -0.497 e. The molecular formula is C16H19BrN2O3S. The Kier molecular flexibility index (Phi) is 5.90. The molecule has 124 valence electrons. The zero-order valence-corrected chi connectivity index (χ0v) is 15.4. The second-order valence-corrected chi connectivity index (χ2v) is 7.47. The molecule has 0 aliphatic carbocycles. The van der Waals surface area contributed by atoms with Crippen LogP contribution in [0.2, 0.25) is 0 Å². The summed E-state index contributed by atoms with van der Waals surface area (Å²) in [7, 11) is -2.14. The van der Waals surface area contributed by atoms with Crippen LogP contribution in [0.15, 0.2) is 51.8 Å². The first kappa shape index (κ1) is 17.6. The summed E-state index contributed by atoms with van der Waals surface area (Å²) in [5, 5.41) is 3.14. The van der Waals surface area contributed by atoms with Crippen molar-refractivity contribution in [3.8, 4) is 5.75 Å². The zero-order valence-electron chi connectivity index (χ0n) is 13.0. The van der Waals surface area contributed by atoms with Gasteiger partial charge in [0.2, 0.25) is 0 Å². The second kappa shape index (κ2) is 7.70. The average Bonchev–Trinajstić information content (AvgIpc) is 2.54. The van der Waals surface area contributed by atoms with Crippen molar-refractivity contribution in [3.63, 3.8) is 0 Å². The van der Waals surface area contributed by atoms with Crippen molar-refractivity contribution in [3.05, 3.63) is 46.9 Å². The molecule has 0 unspecified atom stereocenters. The first-order valence-electron chi connectivity index (χ1n) is 7.16. The Bertz CT molecular complexity index is 761. The van der Waals surface area contributed by atoms with Crippen LogP contribution in [0, 0.1) is 0 Å². The number of hydrogen-bond donors (Lipinski definition) is 2. The van der Waals surface area contributed by atoms with Crippen LogP contribution in [0.25, 0.3) is 0 Å². The fourth-order valence-corrected chi connectivity index (χ4v) is 3.77. The van der Waals surface area contributed by atoms with Crippen molar-refractivity contribution in [2.24, 2.45) is 0 Å². The summed E-state index contributed by atoms with van der Waals surface area (Å²) in [5.41, 5.74) is 1.06. The van der Waals surface area contributed by atoms with Gasteiger partial charge in [-0.3, -0.25) is 4.72 Å². The van der Waals surface area contributed by atoms with Crippen molar-refractivity contribution in [2.45, 2.75) is 18.2 Å². The van der Waals surface area contributed by atoms with Crippen LogP contribution in [0.1, 0.15) is 13.3 Å². The average molecular weight is 399 g/mol. The molecule has 0 heterocycles. The SMILES string of the molecule is CCCNc1ccc(Br)cc1S(=O)(=O)Nc1ccc(OC)cc1. The van der Waals surface area contributed by atoms with Gasteiger partial charge in [0.1, 0.15) is 10.6 Å². The van der Waals surface area contributed by atoms with Crippen LogP contribution in [-0.4, -0.2) is 22.1 Å². The van der Waals surface area contributed by atoms with Gasteiger partial charge in [-0.05, 0) is 48.9 Å². The fraction of sp³-hybridized carbons (Fsp3) is 0.250. The van der Waals surface area contributed by atoms with Crippen molar-refractivity contribution >= 4 is 37.3 Å². The zero-order chi connectivity index (χ0) is 16.9. The summed E-state index contributed by atoms with van der Waals surface area (Å²) in [6.45, 7) is 2.72.